The Hall–Kier alpha value is -1.06. The molecule has 110 valence electrons. The van der Waals surface area contributed by atoms with Gasteiger partial charge in [0.05, 0.1) is 12.1 Å². The SMILES string of the molecule is CCC1OCCC1CNC1c2ccccc2OC1(C)C. The number of benzene rings is 1. The maximum Gasteiger partial charge on any atom is 0.125 e. The molecule has 1 saturated heterocycles. The van der Waals surface area contributed by atoms with Crippen LogP contribution in [-0.4, -0.2) is 24.9 Å². The standard InChI is InChI=1S/C17H25NO2/c1-4-14-12(9-10-19-14)11-18-16-13-7-5-6-8-15(13)20-17(16,2)3/h5-8,12,14,16,18H,4,9-11H2,1-3H3. The van der Waals surface area contributed by atoms with Gasteiger partial charge in [-0.1, -0.05) is 25.1 Å². The van der Waals surface area contributed by atoms with Crippen LogP contribution in [0, 0.1) is 5.92 Å². The van der Waals surface area contributed by atoms with Crippen molar-refractivity contribution in [2.75, 3.05) is 13.2 Å². The van der Waals surface area contributed by atoms with Gasteiger partial charge in [-0.05, 0) is 38.7 Å². The molecule has 3 nitrogen and oxygen atoms in total. The Morgan fingerprint density at radius 1 is 1.30 bits per heavy atom. The van der Waals surface area contributed by atoms with E-state index >= 15 is 0 Å². The number of rotatable bonds is 4. The molecular weight excluding hydrogens is 250 g/mol. The van der Waals surface area contributed by atoms with Crippen LogP contribution < -0.4 is 10.1 Å². The molecule has 0 aromatic heterocycles. The summed E-state index contributed by atoms with van der Waals surface area (Å²) in [5, 5.41) is 3.73. The van der Waals surface area contributed by atoms with Crippen LogP contribution >= 0.6 is 0 Å². The number of para-hydroxylation sites is 1. The third-order valence-corrected chi connectivity index (χ3v) is 4.63. The van der Waals surface area contributed by atoms with E-state index in [-0.39, 0.29) is 11.6 Å². The highest BCUT2D eigenvalue weighted by molar-refractivity contribution is 5.42. The zero-order valence-corrected chi connectivity index (χ0v) is 12.7. The van der Waals surface area contributed by atoms with Crippen LogP contribution in [0.2, 0.25) is 0 Å². The van der Waals surface area contributed by atoms with Gasteiger partial charge in [0, 0.05) is 18.7 Å². The summed E-state index contributed by atoms with van der Waals surface area (Å²) in [6.07, 6.45) is 2.69. The third kappa shape index (κ3) is 2.45. The Labute approximate surface area is 121 Å². The maximum atomic E-state index is 6.08. The lowest BCUT2D eigenvalue weighted by Crippen LogP contribution is -2.41. The summed E-state index contributed by atoms with van der Waals surface area (Å²) in [4.78, 5) is 0. The molecule has 20 heavy (non-hydrogen) atoms. The number of hydrogen-bond donors (Lipinski definition) is 1. The summed E-state index contributed by atoms with van der Waals surface area (Å²) in [6.45, 7) is 8.44. The average Bonchev–Trinajstić information content (AvgIpc) is 2.96. The third-order valence-electron chi connectivity index (χ3n) is 4.63. The fraction of sp³-hybridized carbons (Fsp3) is 0.647. The van der Waals surface area contributed by atoms with E-state index in [4.69, 9.17) is 9.47 Å². The number of hydrogen-bond acceptors (Lipinski definition) is 3. The first-order chi connectivity index (χ1) is 9.62. The van der Waals surface area contributed by atoms with Crippen molar-refractivity contribution in [3.05, 3.63) is 29.8 Å². The van der Waals surface area contributed by atoms with Gasteiger partial charge in [0.2, 0.25) is 0 Å². The van der Waals surface area contributed by atoms with Crippen molar-refractivity contribution in [1.82, 2.24) is 5.32 Å². The molecule has 2 aliphatic heterocycles. The Morgan fingerprint density at radius 2 is 2.10 bits per heavy atom. The smallest absolute Gasteiger partial charge is 0.125 e. The van der Waals surface area contributed by atoms with Gasteiger partial charge in [-0.3, -0.25) is 0 Å². The Morgan fingerprint density at radius 3 is 2.90 bits per heavy atom. The lowest BCUT2D eigenvalue weighted by Gasteiger charge is -2.29. The molecule has 3 atom stereocenters. The zero-order chi connectivity index (χ0) is 14.2. The first-order valence-electron chi connectivity index (χ1n) is 7.74. The van der Waals surface area contributed by atoms with Crippen molar-refractivity contribution in [3.63, 3.8) is 0 Å². The predicted octanol–water partition coefficient (Wildman–Crippen LogP) is 3.30. The highest BCUT2D eigenvalue weighted by Crippen LogP contribution is 2.42. The van der Waals surface area contributed by atoms with Gasteiger partial charge >= 0.3 is 0 Å². The van der Waals surface area contributed by atoms with E-state index in [1.165, 1.54) is 12.0 Å². The minimum absolute atomic E-state index is 0.190. The molecular formula is C17H25NO2. The van der Waals surface area contributed by atoms with Crippen LogP contribution in [0.25, 0.3) is 0 Å². The maximum absolute atomic E-state index is 6.08. The van der Waals surface area contributed by atoms with Crippen molar-refractivity contribution in [2.45, 2.75) is 51.4 Å². The minimum Gasteiger partial charge on any atom is -0.486 e. The van der Waals surface area contributed by atoms with E-state index in [1.54, 1.807) is 0 Å². The second kappa shape index (κ2) is 5.38. The van der Waals surface area contributed by atoms with Crippen LogP contribution in [0.1, 0.15) is 45.2 Å². The molecule has 3 unspecified atom stereocenters. The van der Waals surface area contributed by atoms with E-state index in [1.807, 2.05) is 6.07 Å². The van der Waals surface area contributed by atoms with Crippen LogP contribution in [0.15, 0.2) is 24.3 Å². The Balaban J connectivity index is 1.70. The first kappa shape index (κ1) is 13.9. The molecule has 1 aromatic carbocycles. The van der Waals surface area contributed by atoms with Crippen molar-refractivity contribution in [1.29, 1.82) is 0 Å². The molecule has 3 heteroatoms. The van der Waals surface area contributed by atoms with E-state index in [0.717, 1.165) is 25.3 Å². The van der Waals surface area contributed by atoms with Crippen molar-refractivity contribution in [3.8, 4) is 5.75 Å². The normalized spacial score (nSPS) is 31.1. The van der Waals surface area contributed by atoms with Gasteiger partial charge in [-0.25, -0.2) is 0 Å². The molecule has 0 spiro atoms. The Bertz CT molecular complexity index is 472. The molecule has 1 fully saturated rings. The van der Waals surface area contributed by atoms with Gasteiger partial charge in [-0.2, -0.15) is 0 Å². The molecule has 3 rings (SSSR count). The molecule has 1 N–H and O–H groups in total. The summed E-state index contributed by atoms with van der Waals surface area (Å²) in [6, 6.07) is 8.62. The second-order valence-corrected chi connectivity index (χ2v) is 6.45. The zero-order valence-electron chi connectivity index (χ0n) is 12.7. The van der Waals surface area contributed by atoms with Crippen molar-refractivity contribution in [2.24, 2.45) is 5.92 Å². The van der Waals surface area contributed by atoms with Gasteiger partial charge < -0.3 is 14.8 Å². The molecule has 1 aromatic rings. The molecule has 0 radical (unpaired) electrons. The highest BCUT2D eigenvalue weighted by atomic mass is 16.5. The lowest BCUT2D eigenvalue weighted by molar-refractivity contribution is 0.0751. The summed E-state index contributed by atoms with van der Waals surface area (Å²) in [5.41, 5.74) is 1.09. The fourth-order valence-electron chi connectivity index (χ4n) is 3.53. The first-order valence-corrected chi connectivity index (χ1v) is 7.74. The van der Waals surface area contributed by atoms with E-state index < -0.39 is 0 Å². The van der Waals surface area contributed by atoms with Gasteiger partial charge in [0.25, 0.3) is 0 Å². The van der Waals surface area contributed by atoms with Crippen LogP contribution in [0.3, 0.4) is 0 Å². The largest absolute Gasteiger partial charge is 0.486 e. The minimum atomic E-state index is -0.190. The van der Waals surface area contributed by atoms with Crippen LogP contribution in [0.5, 0.6) is 5.75 Å². The molecule has 0 aliphatic carbocycles. The van der Waals surface area contributed by atoms with Crippen LogP contribution in [0.4, 0.5) is 0 Å². The predicted molar refractivity (Wildman–Crippen MR) is 80.0 cm³/mol. The number of ether oxygens (including phenoxy) is 2. The molecule has 2 heterocycles. The molecule has 0 saturated carbocycles. The summed E-state index contributed by atoms with van der Waals surface area (Å²) in [5.74, 6) is 1.65. The van der Waals surface area contributed by atoms with Gasteiger partial charge in [0.15, 0.2) is 0 Å². The molecule has 2 aliphatic rings. The number of nitrogens with one attached hydrogen (secondary N) is 1. The van der Waals surface area contributed by atoms with E-state index in [9.17, 15) is 0 Å². The van der Waals surface area contributed by atoms with Crippen LogP contribution in [-0.2, 0) is 4.74 Å². The van der Waals surface area contributed by atoms with E-state index in [2.05, 4.69) is 44.3 Å². The second-order valence-electron chi connectivity index (χ2n) is 6.45. The summed E-state index contributed by atoms with van der Waals surface area (Å²) in [7, 11) is 0. The van der Waals surface area contributed by atoms with Crippen molar-refractivity contribution >= 4 is 0 Å². The Kier molecular flexibility index (Phi) is 3.74. The van der Waals surface area contributed by atoms with E-state index in [0.29, 0.717) is 12.0 Å². The summed E-state index contributed by atoms with van der Waals surface area (Å²) >= 11 is 0. The van der Waals surface area contributed by atoms with Crippen molar-refractivity contribution < 1.29 is 9.47 Å². The molecule has 0 amide bonds. The monoisotopic (exact) mass is 275 g/mol. The fourth-order valence-corrected chi connectivity index (χ4v) is 3.53. The molecule has 0 bridgehead atoms. The van der Waals surface area contributed by atoms with Gasteiger partial charge in [-0.15, -0.1) is 0 Å². The van der Waals surface area contributed by atoms with Gasteiger partial charge in [0.1, 0.15) is 11.4 Å². The number of fused-ring (bicyclic) bond motifs is 1. The quantitative estimate of drug-likeness (QED) is 0.914. The highest BCUT2D eigenvalue weighted by Gasteiger charge is 2.41. The summed E-state index contributed by atoms with van der Waals surface area (Å²) < 4.78 is 11.9. The topological polar surface area (TPSA) is 30.5 Å². The lowest BCUT2D eigenvalue weighted by atomic mass is 9.92. The average molecular weight is 275 g/mol.